The zero-order valence-corrected chi connectivity index (χ0v) is 21.4. The molecular weight excluding hydrogens is 372 g/mol. The van der Waals surface area contributed by atoms with Crippen LogP contribution in [0.25, 0.3) is 0 Å². The van der Waals surface area contributed by atoms with Crippen molar-refractivity contribution in [2.24, 2.45) is 0 Å². The van der Waals surface area contributed by atoms with Gasteiger partial charge in [-0.3, -0.25) is 4.79 Å². The first-order valence-corrected chi connectivity index (χ1v) is 14.7. The Balaban J connectivity index is 5.91. The Morgan fingerprint density at radius 1 is 0.963 bits per heavy atom. The van der Waals surface area contributed by atoms with E-state index in [0.717, 1.165) is 31.7 Å². The highest BCUT2D eigenvalue weighted by atomic mass is 28.4. The van der Waals surface area contributed by atoms with Gasteiger partial charge in [0.2, 0.25) is 0 Å². The predicted octanol–water partition coefficient (Wildman–Crippen LogP) is 6.61. The van der Waals surface area contributed by atoms with Crippen LogP contribution in [-0.4, -0.2) is 36.8 Å². The van der Waals surface area contributed by atoms with Gasteiger partial charge in [-0.2, -0.15) is 0 Å². The molecule has 0 amide bonds. The van der Waals surface area contributed by atoms with Crippen LogP contribution in [0.15, 0.2) is 0 Å². The number of hydrogen-bond donors (Lipinski definition) is 0. The molecule has 0 N–H and O–H groups in total. The molecule has 0 aliphatic carbocycles. The molecule has 0 aromatic rings. The van der Waals surface area contributed by atoms with Crippen LogP contribution in [0.1, 0.15) is 94.4 Å². The second-order valence-corrected chi connectivity index (χ2v) is 14.7. The maximum Gasteiger partial charge on any atom is 0.402 e. The Labute approximate surface area is 171 Å². The van der Waals surface area contributed by atoms with Gasteiger partial charge in [-0.05, 0) is 44.3 Å². The lowest BCUT2D eigenvalue weighted by Gasteiger charge is -2.43. The molecule has 0 saturated carbocycles. The fraction of sp³-hybridized carbons (Fsp3) is 0.952. The molecule has 0 aromatic carbocycles. The number of carbonyl (C=O) groups is 1. The van der Waals surface area contributed by atoms with Crippen LogP contribution >= 0.6 is 0 Å². The summed E-state index contributed by atoms with van der Waals surface area (Å²) >= 11 is 0. The van der Waals surface area contributed by atoms with Gasteiger partial charge in [0, 0.05) is 13.2 Å². The van der Waals surface area contributed by atoms with Gasteiger partial charge in [-0.1, -0.05) is 67.2 Å². The summed E-state index contributed by atoms with van der Waals surface area (Å²) in [5.74, 6) is -0.0795. The standard InChI is InChI=1S/C21H45O4Si2/c1-10-16-17-27(18(7)11-2,19(8)12-3)25-20(22)21(9,13-4)26(23-14-5)24-15-6/h18-19H,10-17H2,1-9H3. The summed E-state index contributed by atoms with van der Waals surface area (Å²) in [5, 5.41) is -0.678. The topological polar surface area (TPSA) is 44.8 Å². The summed E-state index contributed by atoms with van der Waals surface area (Å²) < 4.78 is 18.5. The minimum Gasteiger partial charge on any atom is -0.518 e. The number of rotatable bonds is 15. The molecule has 0 spiro atoms. The van der Waals surface area contributed by atoms with Crippen LogP contribution in [0, 0.1) is 0 Å². The monoisotopic (exact) mass is 417 g/mol. The number of unbranched alkanes of at least 4 members (excludes halogenated alkanes) is 1. The van der Waals surface area contributed by atoms with Gasteiger partial charge in [0.05, 0.1) is 0 Å². The van der Waals surface area contributed by atoms with Gasteiger partial charge in [0.1, 0.15) is 5.04 Å². The molecule has 0 bridgehead atoms. The average Bonchev–Trinajstić information content (AvgIpc) is 2.68. The first-order valence-electron chi connectivity index (χ1n) is 11.1. The zero-order valence-electron chi connectivity index (χ0n) is 19.4. The van der Waals surface area contributed by atoms with Crippen LogP contribution in [0.4, 0.5) is 0 Å². The molecule has 0 heterocycles. The molecule has 27 heavy (non-hydrogen) atoms. The van der Waals surface area contributed by atoms with Crippen molar-refractivity contribution in [2.45, 2.75) is 117 Å². The van der Waals surface area contributed by atoms with Crippen LogP contribution in [0.5, 0.6) is 0 Å². The van der Waals surface area contributed by atoms with E-state index in [1.807, 2.05) is 27.7 Å². The molecule has 0 rings (SSSR count). The van der Waals surface area contributed by atoms with Crippen molar-refractivity contribution in [2.75, 3.05) is 13.2 Å². The SMILES string of the molecule is CCCC[Si](OC(=O)C(C)(CC)[Si](OCC)OCC)(C(C)CC)C(C)CC. The molecule has 3 atom stereocenters. The smallest absolute Gasteiger partial charge is 0.402 e. The largest absolute Gasteiger partial charge is 0.518 e. The normalized spacial score (nSPS) is 18.6. The van der Waals surface area contributed by atoms with E-state index >= 15 is 0 Å². The molecule has 4 nitrogen and oxygen atoms in total. The minimum atomic E-state index is -2.25. The van der Waals surface area contributed by atoms with E-state index in [1.54, 1.807) is 0 Å². The summed E-state index contributed by atoms with van der Waals surface area (Å²) in [5.41, 5.74) is 0.915. The quantitative estimate of drug-likeness (QED) is 0.281. The van der Waals surface area contributed by atoms with Crippen molar-refractivity contribution < 1.29 is 18.1 Å². The Kier molecular flexibility index (Phi) is 13.0. The summed E-state index contributed by atoms with van der Waals surface area (Å²) in [6.07, 6.45) is 5.07. The van der Waals surface area contributed by atoms with Crippen molar-refractivity contribution in [3.63, 3.8) is 0 Å². The van der Waals surface area contributed by atoms with E-state index in [2.05, 4.69) is 34.6 Å². The van der Waals surface area contributed by atoms with Crippen LogP contribution in [0.2, 0.25) is 22.2 Å². The second kappa shape index (κ2) is 13.1. The number of hydrogen-bond acceptors (Lipinski definition) is 4. The van der Waals surface area contributed by atoms with E-state index < -0.39 is 22.6 Å². The third kappa shape index (κ3) is 6.69. The Hall–Kier alpha value is -0.176. The highest BCUT2D eigenvalue weighted by molar-refractivity contribution is 6.78. The van der Waals surface area contributed by atoms with Crippen molar-refractivity contribution in [1.82, 2.24) is 0 Å². The maximum absolute atomic E-state index is 13.6. The van der Waals surface area contributed by atoms with E-state index in [4.69, 9.17) is 13.3 Å². The molecule has 3 unspecified atom stereocenters. The van der Waals surface area contributed by atoms with Crippen LogP contribution in [0.3, 0.4) is 0 Å². The Morgan fingerprint density at radius 3 is 1.78 bits per heavy atom. The summed E-state index contributed by atoms with van der Waals surface area (Å²) in [6.45, 7) is 20.3. The summed E-state index contributed by atoms with van der Waals surface area (Å²) in [4.78, 5) is 13.6. The van der Waals surface area contributed by atoms with Crippen molar-refractivity contribution in [3.8, 4) is 0 Å². The summed E-state index contributed by atoms with van der Waals surface area (Å²) in [7, 11) is -3.99. The molecule has 0 fully saturated rings. The molecule has 161 valence electrons. The fourth-order valence-electron chi connectivity index (χ4n) is 3.65. The highest BCUT2D eigenvalue weighted by Gasteiger charge is 2.53. The lowest BCUT2D eigenvalue weighted by atomic mass is 10.1. The predicted molar refractivity (Wildman–Crippen MR) is 119 cm³/mol. The Bertz CT molecular complexity index is 403. The van der Waals surface area contributed by atoms with E-state index in [-0.39, 0.29) is 5.97 Å². The van der Waals surface area contributed by atoms with Crippen LogP contribution in [-0.2, 0) is 18.1 Å². The third-order valence-electron chi connectivity index (χ3n) is 6.26. The van der Waals surface area contributed by atoms with Crippen molar-refractivity contribution in [1.29, 1.82) is 0 Å². The first kappa shape index (κ1) is 26.8. The number of carbonyl (C=O) groups excluding carboxylic acids is 1. The van der Waals surface area contributed by atoms with Crippen molar-refractivity contribution in [3.05, 3.63) is 0 Å². The molecule has 0 saturated heterocycles. The second-order valence-electron chi connectivity index (χ2n) is 7.91. The van der Waals surface area contributed by atoms with Gasteiger partial charge in [0.25, 0.3) is 14.3 Å². The maximum atomic E-state index is 13.6. The van der Waals surface area contributed by atoms with E-state index in [1.165, 1.54) is 0 Å². The molecule has 1 radical (unpaired) electrons. The first-order chi connectivity index (χ1) is 12.7. The van der Waals surface area contributed by atoms with E-state index in [9.17, 15) is 4.79 Å². The van der Waals surface area contributed by atoms with Gasteiger partial charge in [-0.15, -0.1) is 0 Å². The zero-order chi connectivity index (χ0) is 21.1. The minimum absolute atomic E-state index is 0.0795. The summed E-state index contributed by atoms with van der Waals surface area (Å²) in [6, 6.07) is 1.06. The molecule has 0 aromatic heterocycles. The third-order valence-corrected chi connectivity index (χ3v) is 14.7. The van der Waals surface area contributed by atoms with Gasteiger partial charge in [-0.25, -0.2) is 0 Å². The van der Waals surface area contributed by atoms with Crippen LogP contribution < -0.4 is 0 Å². The molecular formula is C21H45O4Si2. The lowest BCUT2D eigenvalue weighted by molar-refractivity contribution is -0.140. The van der Waals surface area contributed by atoms with Gasteiger partial charge < -0.3 is 13.3 Å². The van der Waals surface area contributed by atoms with E-state index in [0.29, 0.717) is 30.7 Å². The molecule has 0 aliphatic heterocycles. The molecule has 6 heteroatoms. The van der Waals surface area contributed by atoms with Gasteiger partial charge >= 0.3 is 9.28 Å². The lowest BCUT2D eigenvalue weighted by Crippen LogP contribution is -2.52. The highest BCUT2D eigenvalue weighted by Crippen LogP contribution is 2.45. The fourth-order valence-corrected chi connectivity index (χ4v) is 10.8. The average molecular weight is 418 g/mol. The molecule has 0 aliphatic rings. The van der Waals surface area contributed by atoms with Crippen molar-refractivity contribution >= 4 is 23.6 Å². The Morgan fingerprint density at radius 2 is 1.44 bits per heavy atom. The van der Waals surface area contributed by atoms with Gasteiger partial charge in [0.15, 0.2) is 0 Å².